The van der Waals surface area contributed by atoms with Gasteiger partial charge in [-0.1, -0.05) is 79.9 Å². The lowest BCUT2D eigenvalue weighted by molar-refractivity contribution is -0.105. The number of benzene rings is 2. The molecule has 30 heavy (non-hydrogen) atoms. The lowest BCUT2D eigenvalue weighted by atomic mass is 10.1. The molecule has 0 saturated carbocycles. The monoisotopic (exact) mass is 421 g/mol. The standard InChI is InChI=1S/C25H27NO3S/c1-2-3-4-11-16-23(26-29-24(27)21-14-9-6-10-15-21)25(28)30-18-17-22(19-30)20-12-7-5-8-13-20/h5-10,12-15,17-19,30H,2-4,11,16H2,1H3. The van der Waals surface area contributed by atoms with Gasteiger partial charge in [0.1, 0.15) is 5.71 Å². The van der Waals surface area contributed by atoms with Gasteiger partial charge in [0.25, 0.3) is 0 Å². The summed E-state index contributed by atoms with van der Waals surface area (Å²) in [5, 5.41) is 7.91. The van der Waals surface area contributed by atoms with Crippen LogP contribution in [0.4, 0.5) is 0 Å². The van der Waals surface area contributed by atoms with E-state index >= 15 is 0 Å². The number of carbonyl (C=O) groups is 2. The Morgan fingerprint density at radius 2 is 1.63 bits per heavy atom. The summed E-state index contributed by atoms with van der Waals surface area (Å²) in [4.78, 5) is 30.5. The van der Waals surface area contributed by atoms with Crippen molar-refractivity contribution >= 4 is 33.3 Å². The zero-order valence-electron chi connectivity index (χ0n) is 17.2. The number of oxime groups is 1. The van der Waals surface area contributed by atoms with E-state index in [1.54, 1.807) is 24.3 Å². The number of carbonyl (C=O) groups excluding carboxylic acids is 2. The van der Waals surface area contributed by atoms with Crippen molar-refractivity contribution in [3.05, 3.63) is 88.7 Å². The lowest BCUT2D eigenvalue weighted by Crippen LogP contribution is -2.14. The molecule has 2 aromatic rings. The van der Waals surface area contributed by atoms with Crippen LogP contribution in [0.2, 0.25) is 0 Å². The van der Waals surface area contributed by atoms with Gasteiger partial charge in [-0.05, 0) is 53.0 Å². The molecule has 0 spiro atoms. The Morgan fingerprint density at radius 3 is 2.33 bits per heavy atom. The maximum absolute atomic E-state index is 13.1. The molecule has 3 rings (SSSR count). The second kappa shape index (κ2) is 11.3. The summed E-state index contributed by atoms with van der Waals surface area (Å²) in [6.45, 7) is 2.14. The van der Waals surface area contributed by atoms with Gasteiger partial charge in [-0.15, -0.1) is 10.9 Å². The fourth-order valence-corrected chi connectivity index (χ4v) is 4.75. The van der Waals surface area contributed by atoms with E-state index in [1.807, 2.05) is 53.3 Å². The molecule has 1 heterocycles. The smallest absolute Gasteiger partial charge is 0.312 e. The predicted octanol–water partition coefficient (Wildman–Crippen LogP) is 6.27. The van der Waals surface area contributed by atoms with Crippen LogP contribution in [-0.4, -0.2) is 16.8 Å². The third kappa shape index (κ3) is 6.04. The predicted molar refractivity (Wildman–Crippen MR) is 126 cm³/mol. The molecule has 1 aliphatic heterocycles. The van der Waals surface area contributed by atoms with Crippen molar-refractivity contribution in [1.29, 1.82) is 0 Å². The number of unbranched alkanes of at least 4 members (excludes halogenated alkanes) is 3. The molecule has 2 aromatic carbocycles. The molecule has 0 fully saturated rings. The minimum absolute atomic E-state index is 0.0514. The Bertz CT molecular complexity index is 949. The van der Waals surface area contributed by atoms with Crippen molar-refractivity contribution in [1.82, 2.24) is 0 Å². The third-order valence-corrected chi connectivity index (χ3v) is 6.55. The number of nitrogens with zero attached hydrogens (tertiary/aromatic N) is 1. The summed E-state index contributed by atoms with van der Waals surface area (Å²) in [6.07, 6.45) is 6.60. The molecule has 0 N–H and O–H groups in total. The second-order valence-corrected chi connectivity index (χ2v) is 8.85. The first-order chi connectivity index (χ1) is 14.7. The van der Waals surface area contributed by atoms with Gasteiger partial charge >= 0.3 is 5.97 Å². The van der Waals surface area contributed by atoms with Gasteiger partial charge in [-0.3, -0.25) is 4.79 Å². The molecule has 0 radical (unpaired) electrons. The zero-order valence-corrected chi connectivity index (χ0v) is 18.1. The summed E-state index contributed by atoms with van der Waals surface area (Å²) in [5.41, 5.74) is 2.89. The van der Waals surface area contributed by atoms with Crippen LogP contribution >= 0.6 is 10.9 Å². The number of hydrogen-bond acceptors (Lipinski definition) is 4. The summed E-state index contributed by atoms with van der Waals surface area (Å²) in [5.74, 6) is -0.551. The summed E-state index contributed by atoms with van der Waals surface area (Å²) >= 11 is 0. The van der Waals surface area contributed by atoms with E-state index in [2.05, 4.69) is 12.1 Å². The van der Waals surface area contributed by atoms with E-state index in [4.69, 9.17) is 4.84 Å². The maximum atomic E-state index is 13.1. The van der Waals surface area contributed by atoms with Gasteiger partial charge < -0.3 is 4.84 Å². The van der Waals surface area contributed by atoms with Gasteiger partial charge in [0, 0.05) is 0 Å². The number of hydrogen-bond donors (Lipinski definition) is 1. The molecule has 0 bridgehead atoms. The molecule has 4 nitrogen and oxygen atoms in total. The van der Waals surface area contributed by atoms with Gasteiger partial charge in [0.15, 0.2) is 0 Å². The van der Waals surface area contributed by atoms with Crippen molar-refractivity contribution in [2.45, 2.75) is 39.0 Å². The third-order valence-electron chi connectivity index (χ3n) is 4.80. The average molecular weight is 422 g/mol. The molecule has 0 amide bonds. The highest BCUT2D eigenvalue weighted by Gasteiger charge is 2.21. The molecule has 0 aromatic heterocycles. The molecule has 1 atom stereocenters. The van der Waals surface area contributed by atoms with Gasteiger partial charge in [-0.2, -0.15) is 0 Å². The van der Waals surface area contributed by atoms with E-state index in [9.17, 15) is 9.59 Å². The van der Waals surface area contributed by atoms with E-state index in [0.717, 1.165) is 36.8 Å². The SMILES string of the molecule is CCCCCCC(=NOC(=O)c1ccccc1)C(=O)[SH]1C=CC(c2ccccc2)=C1. The van der Waals surface area contributed by atoms with Crippen LogP contribution in [0.25, 0.3) is 5.57 Å². The minimum atomic E-state index is -1.12. The van der Waals surface area contributed by atoms with Gasteiger partial charge in [0.05, 0.1) is 5.56 Å². The molecule has 1 aliphatic rings. The molecular weight excluding hydrogens is 394 g/mol. The first-order valence-corrected chi connectivity index (χ1v) is 11.8. The highest BCUT2D eigenvalue weighted by atomic mass is 32.2. The van der Waals surface area contributed by atoms with Crippen molar-refractivity contribution in [2.75, 3.05) is 0 Å². The Hall–Kier alpha value is -2.92. The average Bonchev–Trinajstić information content (AvgIpc) is 3.29. The van der Waals surface area contributed by atoms with Crippen LogP contribution in [0.5, 0.6) is 0 Å². The topological polar surface area (TPSA) is 55.7 Å². The summed E-state index contributed by atoms with van der Waals surface area (Å²) < 4.78 is 0. The Morgan fingerprint density at radius 1 is 0.933 bits per heavy atom. The maximum Gasteiger partial charge on any atom is 0.365 e. The van der Waals surface area contributed by atoms with E-state index in [-0.39, 0.29) is 5.12 Å². The number of thiol groups is 1. The molecule has 0 saturated heterocycles. The van der Waals surface area contributed by atoms with Gasteiger partial charge in [0.2, 0.25) is 5.12 Å². The van der Waals surface area contributed by atoms with Crippen LogP contribution in [-0.2, 0) is 9.63 Å². The Labute approximate surface area is 180 Å². The lowest BCUT2D eigenvalue weighted by Gasteiger charge is -2.11. The highest BCUT2D eigenvalue weighted by Crippen LogP contribution is 2.41. The van der Waals surface area contributed by atoms with Gasteiger partial charge in [-0.25, -0.2) is 4.79 Å². The first-order valence-electron chi connectivity index (χ1n) is 10.3. The fourth-order valence-electron chi connectivity index (χ4n) is 3.11. The molecule has 0 aliphatic carbocycles. The van der Waals surface area contributed by atoms with Crippen molar-refractivity contribution < 1.29 is 14.4 Å². The summed E-state index contributed by atoms with van der Waals surface area (Å²) in [6, 6.07) is 18.7. The van der Waals surface area contributed by atoms with E-state index < -0.39 is 16.9 Å². The first kappa shape index (κ1) is 21.8. The number of rotatable bonds is 9. The molecular formula is C25H27NO3S. The largest absolute Gasteiger partial charge is 0.365 e. The number of allylic oxidation sites excluding steroid dienone is 2. The van der Waals surface area contributed by atoms with E-state index in [1.165, 1.54) is 0 Å². The van der Waals surface area contributed by atoms with Crippen LogP contribution in [0.3, 0.4) is 0 Å². The van der Waals surface area contributed by atoms with Crippen LogP contribution in [0, 0.1) is 0 Å². The Balaban J connectivity index is 1.72. The molecule has 156 valence electrons. The zero-order chi connectivity index (χ0) is 21.2. The quantitative estimate of drug-likeness (QED) is 0.171. The van der Waals surface area contributed by atoms with Crippen LogP contribution in [0.1, 0.15) is 54.9 Å². The highest BCUT2D eigenvalue weighted by molar-refractivity contribution is 8.36. The van der Waals surface area contributed by atoms with Crippen molar-refractivity contribution in [2.24, 2.45) is 5.16 Å². The normalized spacial score (nSPS) is 16.9. The van der Waals surface area contributed by atoms with Crippen molar-refractivity contribution in [3.63, 3.8) is 0 Å². The van der Waals surface area contributed by atoms with Crippen LogP contribution in [0.15, 0.2) is 82.7 Å². The van der Waals surface area contributed by atoms with Crippen molar-refractivity contribution in [3.8, 4) is 0 Å². The fraction of sp³-hybridized carbons (Fsp3) is 0.240. The van der Waals surface area contributed by atoms with E-state index in [0.29, 0.717) is 17.7 Å². The molecule has 5 heteroatoms. The van der Waals surface area contributed by atoms with Crippen LogP contribution < -0.4 is 0 Å². The Kier molecular flexibility index (Phi) is 8.21. The summed E-state index contributed by atoms with van der Waals surface area (Å²) in [7, 11) is -1.12. The molecule has 1 unspecified atom stereocenters. The second-order valence-electron chi connectivity index (χ2n) is 7.07. The minimum Gasteiger partial charge on any atom is -0.312 e.